The van der Waals surface area contributed by atoms with Gasteiger partial charge in [0.1, 0.15) is 5.00 Å². The summed E-state index contributed by atoms with van der Waals surface area (Å²) in [7, 11) is 1.37. The summed E-state index contributed by atoms with van der Waals surface area (Å²) in [4.78, 5) is 29.0. The van der Waals surface area contributed by atoms with E-state index >= 15 is 0 Å². The van der Waals surface area contributed by atoms with Gasteiger partial charge in [0.05, 0.1) is 12.7 Å². The number of esters is 1. The predicted molar refractivity (Wildman–Crippen MR) is 125 cm³/mol. The van der Waals surface area contributed by atoms with Crippen LogP contribution in [-0.2, 0) is 24.2 Å². The number of thiophene rings is 1. The largest absolute Gasteiger partial charge is 0.465 e. The molecule has 4 rings (SSSR count). The molecule has 1 aliphatic heterocycles. The normalized spacial score (nSPS) is 13.8. The molecular formula is C24H28N4O3S. The van der Waals surface area contributed by atoms with Crippen LogP contribution >= 0.6 is 11.3 Å². The van der Waals surface area contributed by atoms with Crippen LogP contribution in [0.15, 0.2) is 36.4 Å². The summed E-state index contributed by atoms with van der Waals surface area (Å²) < 4.78 is 6.87. The Bertz CT molecular complexity index is 1130. The Hall–Kier alpha value is -2.97. The summed E-state index contributed by atoms with van der Waals surface area (Å²) in [5, 5.41) is 7.89. The highest BCUT2D eigenvalue weighted by Gasteiger charge is 2.30. The molecule has 0 unspecified atom stereocenters. The quantitative estimate of drug-likeness (QED) is 0.560. The summed E-state index contributed by atoms with van der Waals surface area (Å²) in [5.41, 5.74) is 3.96. The number of nitrogens with one attached hydrogen (secondary N) is 1. The predicted octanol–water partition coefficient (Wildman–Crippen LogP) is 4.43. The van der Waals surface area contributed by atoms with E-state index in [9.17, 15) is 9.59 Å². The molecule has 1 amide bonds. The van der Waals surface area contributed by atoms with Crippen LogP contribution in [0.1, 0.15) is 62.4 Å². The van der Waals surface area contributed by atoms with Crippen molar-refractivity contribution < 1.29 is 14.3 Å². The third-order valence-electron chi connectivity index (χ3n) is 5.65. The van der Waals surface area contributed by atoms with Gasteiger partial charge in [0.2, 0.25) is 0 Å². The van der Waals surface area contributed by atoms with E-state index in [2.05, 4.69) is 27.4 Å². The number of anilines is 1. The lowest BCUT2D eigenvalue weighted by Crippen LogP contribution is -2.29. The number of methoxy groups -OCH3 is 1. The molecule has 1 N–H and O–H groups in total. The van der Waals surface area contributed by atoms with Crippen molar-refractivity contribution in [3.05, 3.63) is 69.4 Å². The molecule has 0 atom stereocenters. The molecule has 0 radical (unpaired) electrons. The molecule has 0 bridgehead atoms. The Balaban J connectivity index is 1.58. The van der Waals surface area contributed by atoms with Crippen molar-refractivity contribution in [1.82, 2.24) is 14.7 Å². The molecule has 1 aromatic carbocycles. The molecule has 1 aliphatic rings. The van der Waals surface area contributed by atoms with Crippen LogP contribution in [0.5, 0.6) is 0 Å². The van der Waals surface area contributed by atoms with Gasteiger partial charge in [-0.05, 0) is 44.4 Å². The molecule has 0 fully saturated rings. The molecule has 2 aromatic heterocycles. The Morgan fingerprint density at radius 2 is 2.00 bits per heavy atom. The molecule has 32 heavy (non-hydrogen) atoms. The van der Waals surface area contributed by atoms with Crippen LogP contribution in [0.25, 0.3) is 0 Å². The zero-order valence-electron chi connectivity index (χ0n) is 18.8. The lowest BCUT2D eigenvalue weighted by atomic mass is 10.0. The maximum absolute atomic E-state index is 12.9. The van der Waals surface area contributed by atoms with Crippen LogP contribution in [0.3, 0.4) is 0 Å². The number of rotatable bonds is 6. The van der Waals surface area contributed by atoms with Crippen molar-refractivity contribution in [1.29, 1.82) is 0 Å². The topological polar surface area (TPSA) is 76.5 Å². The first kappa shape index (κ1) is 22.2. The molecule has 0 saturated heterocycles. The Morgan fingerprint density at radius 1 is 1.25 bits per heavy atom. The number of carbonyl (C=O) groups excluding carboxylic acids is 2. The number of carbonyl (C=O) groups is 2. The maximum atomic E-state index is 12.9. The van der Waals surface area contributed by atoms with Gasteiger partial charge in [-0.3, -0.25) is 14.4 Å². The standard InChI is InChI=1S/C24H28N4O3S/c1-15(2)28-16(3)12-19(26-28)22(29)25-23-21(24(30)31-4)18-10-11-27(14-20(18)32-23)13-17-8-6-5-7-9-17/h5-9,12,15H,10-11,13-14H2,1-4H3,(H,25,29). The average molecular weight is 453 g/mol. The van der Waals surface area contributed by atoms with Gasteiger partial charge in [0.15, 0.2) is 5.69 Å². The zero-order chi connectivity index (χ0) is 22.8. The average Bonchev–Trinajstić information content (AvgIpc) is 3.34. The molecule has 3 aromatic rings. The summed E-state index contributed by atoms with van der Waals surface area (Å²) in [5.74, 6) is -0.740. The van der Waals surface area contributed by atoms with Crippen LogP contribution in [0.4, 0.5) is 5.00 Å². The second-order valence-corrected chi connectivity index (χ2v) is 9.41. The van der Waals surface area contributed by atoms with Crippen molar-refractivity contribution in [2.45, 2.75) is 46.3 Å². The molecule has 0 saturated carbocycles. The molecule has 0 aliphatic carbocycles. The molecule has 0 spiro atoms. The summed E-state index contributed by atoms with van der Waals surface area (Å²) in [6.45, 7) is 8.38. The Labute approximate surface area is 192 Å². The second-order valence-electron chi connectivity index (χ2n) is 8.31. The SMILES string of the molecule is COC(=O)c1c(NC(=O)c2cc(C)n(C(C)C)n2)sc2c1CCN(Cc1ccccc1)C2. The highest BCUT2D eigenvalue weighted by Crippen LogP contribution is 2.38. The third-order valence-corrected chi connectivity index (χ3v) is 6.78. The zero-order valence-corrected chi connectivity index (χ0v) is 19.7. The van der Waals surface area contributed by atoms with Crippen LogP contribution in [0.2, 0.25) is 0 Å². The van der Waals surface area contributed by atoms with Crippen molar-refractivity contribution in [3.63, 3.8) is 0 Å². The Morgan fingerprint density at radius 3 is 2.66 bits per heavy atom. The fraction of sp³-hybridized carbons (Fsp3) is 0.375. The number of aromatic nitrogens is 2. The van der Waals surface area contributed by atoms with Crippen molar-refractivity contribution >= 4 is 28.2 Å². The number of ether oxygens (including phenoxy) is 1. The van der Waals surface area contributed by atoms with Crippen molar-refractivity contribution in [2.75, 3.05) is 19.0 Å². The maximum Gasteiger partial charge on any atom is 0.341 e. The van der Waals surface area contributed by atoms with Gasteiger partial charge in [-0.2, -0.15) is 5.10 Å². The molecule has 3 heterocycles. The summed E-state index contributed by atoms with van der Waals surface area (Å²) in [6, 6.07) is 12.3. The lowest BCUT2D eigenvalue weighted by molar-refractivity contribution is 0.0600. The van der Waals surface area contributed by atoms with Gasteiger partial charge in [-0.1, -0.05) is 30.3 Å². The van der Waals surface area contributed by atoms with E-state index in [0.29, 0.717) is 16.3 Å². The molecule has 7 nitrogen and oxygen atoms in total. The first-order valence-electron chi connectivity index (χ1n) is 10.7. The second kappa shape index (κ2) is 9.26. The highest BCUT2D eigenvalue weighted by molar-refractivity contribution is 7.17. The van der Waals surface area contributed by atoms with E-state index in [1.165, 1.54) is 24.0 Å². The van der Waals surface area contributed by atoms with Gasteiger partial charge in [-0.15, -0.1) is 11.3 Å². The van der Waals surface area contributed by atoms with Crippen LogP contribution in [0, 0.1) is 6.92 Å². The smallest absolute Gasteiger partial charge is 0.341 e. The minimum Gasteiger partial charge on any atom is -0.465 e. The monoisotopic (exact) mass is 452 g/mol. The van der Waals surface area contributed by atoms with E-state index in [0.717, 1.165) is 42.2 Å². The Kier molecular flexibility index (Phi) is 6.43. The number of aryl methyl sites for hydroxylation is 1. The number of nitrogens with zero attached hydrogens (tertiary/aromatic N) is 3. The van der Waals surface area contributed by atoms with Gasteiger partial charge in [0, 0.05) is 36.2 Å². The fourth-order valence-electron chi connectivity index (χ4n) is 4.13. The first-order valence-corrected chi connectivity index (χ1v) is 11.6. The van der Waals surface area contributed by atoms with E-state index in [-0.39, 0.29) is 11.9 Å². The van der Waals surface area contributed by atoms with E-state index in [1.54, 1.807) is 6.07 Å². The lowest BCUT2D eigenvalue weighted by Gasteiger charge is -2.27. The van der Waals surface area contributed by atoms with E-state index in [4.69, 9.17) is 4.74 Å². The van der Waals surface area contributed by atoms with Crippen molar-refractivity contribution in [2.24, 2.45) is 0 Å². The fourth-order valence-corrected chi connectivity index (χ4v) is 5.40. The number of fused-ring (bicyclic) bond motifs is 1. The van der Waals surface area contributed by atoms with Crippen LogP contribution < -0.4 is 5.32 Å². The number of amides is 1. The highest BCUT2D eigenvalue weighted by atomic mass is 32.1. The molecule has 8 heteroatoms. The third kappa shape index (κ3) is 4.47. The minimum absolute atomic E-state index is 0.159. The minimum atomic E-state index is -0.418. The molecule has 168 valence electrons. The molecular weight excluding hydrogens is 424 g/mol. The van der Waals surface area contributed by atoms with E-state index < -0.39 is 5.97 Å². The number of hydrogen-bond donors (Lipinski definition) is 1. The summed E-state index contributed by atoms with van der Waals surface area (Å²) in [6.07, 6.45) is 0.736. The number of hydrogen-bond acceptors (Lipinski definition) is 6. The van der Waals surface area contributed by atoms with Gasteiger partial charge in [0.25, 0.3) is 5.91 Å². The van der Waals surface area contributed by atoms with E-state index in [1.807, 2.05) is 43.7 Å². The number of benzene rings is 1. The van der Waals surface area contributed by atoms with Crippen molar-refractivity contribution in [3.8, 4) is 0 Å². The first-order chi connectivity index (χ1) is 15.4. The van der Waals surface area contributed by atoms with Gasteiger partial charge < -0.3 is 10.1 Å². The van der Waals surface area contributed by atoms with Crippen LogP contribution in [-0.4, -0.2) is 40.2 Å². The summed E-state index contributed by atoms with van der Waals surface area (Å²) >= 11 is 1.45. The van der Waals surface area contributed by atoms with Gasteiger partial charge >= 0.3 is 5.97 Å². The van der Waals surface area contributed by atoms with Gasteiger partial charge in [-0.25, -0.2) is 4.79 Å².